The maximum absolute atomic E-state index is 13.3. The highest BCUT2D eigenvalue weighted by atomic mass is 19.3. The van der Waals surface area contributed by atoms with E-state index in [-0.39, 0.29) is 12.1 Å². The average Bonchev–Trinajstić information content (AvgIpc) is 1.92. The van der Waals surface area contributed by atoms with Gasteiger partial charge in [-0.25, -0.2) is 8.78 Å². The van der Waals surface area contributed by atoms with E-state index >= 15 is 0 Å². The number of nitrogens with zero attached hydrogens (tertiary/aromatic N) is 1. The Hall–Kier alpha value is -0.180. The first-order valence-corrected chi connectivity index (χ1v) is 4.86. The molecule has 0 bridgehead atoms. The van der Waals surface area contributed by atoms with Gasteiger partial charge in [-0.05, 0) is 33.7 Å². The van der Waals surface area contributed by atoms with E-state index < -0.39 is 11.8 Å². The van der Waals surface area contributed by atoms with E-state index in [1.54, 1.807) is 6.92 Å². The van der Waals surface area contributed by atoms with Crippen LogP contribution < -0.4 is 0 Å². The Morgan fingerprint density at radius 1 is 1.31 bits per heavy atom. The van der Waals surface area contributed by atoms with Crippen molar-refractivity contribution in [2.75, 3.05) is 13.1 Å². The Kier molecular flexibility index (Phi) is 2.68. The van der Waals surface area contributed by atoms with Crippen LogP contribution in [0, 0.1) is 5.92 Å². The number of alkyl halides is 2. The lowest BCUT2D eigenvalue weighted by Gasteiger charge is -2.43. The highest BCUT2D eigenvalue weighted by Gasteiger charge is 2.44. The SMILES string of the molecule is C[C@H]1CCN(C(C)(C)C)CC1(F)F. The van der Waals surface area contributed by atoms with Crippen LogP contribution in [0.5, 0.6) is 0 Å². The topological polar surface area (TPSA) is 3.24 Å². The van der Waals surface area contributed by atoms with E-state index in [2.05, 4.69) is 0 Å². The van der Waals surface area contributed by atoms with E-state index in [1.807, 2.05) is 25.7 Å². The first-order valence-electron chi connectivity index (χ1n) is 4.86. The van der Waals surface area contributed by atoms with Gasteiger partial charge in [-0.1, -0.05) is 6.92 Å². The Balaban J connectivity index is 2.66. The summed E-state index contributed by atoms with van der Waals surface area (Å²) in [6.07, 6.45) is 0.601. The highest BCUT2D eigenvalue weighted by Crippen LogP contribution is 2.34. The summed E-state index contributed by atoms with van der Waals surface area (Å²) in [5.41, 5.74) is -0.135. The van der Waals surface area contributed by atoms with Gasteiger partial charge in [0.25, 0.3) is 5.92 Å². The summed E-state index contributed by atoms with van der Waals surface area (Å²) < 4.78 is 26.7. The standard InChI is InChI=1S/C10H19F2N/c1-8-5-6-13(9(2,3)4)7-10(8,11)12/h8H,5-7H2,1-4H3/t8-/m0/s1. The highest BCUT2D eigenvalue weighted by molar-refractivity contribution is 4.89. The van der Waals surface area contributed by atoms with Gasteiger partial charge in [-0.2, -0.15) is 0 Å². The van der Waals surface area contributed by atoms with Crippen molar-refractivity contribution in [2.45, 2.75) is 45.6 Å². The largest absolute Gasteiger partial charge is 0.293 e. The molecule has 1 rings (SSSR count). The number of hydrogen-bond acceptors (Lipinski definition) is 1. The predicted octanol–water partition coefficient (Wildman–Crippen LogP) is 2.76. The van der Waals surface area contributed by atoms with Crippen molar-refractivity contribution in [3.63, 3.8) is 0 Å². The predicted molar refractivity (Wildman–Crippen MR) is 50.1 cm³/mol. The van der Waals surface area contributed by atoms with Crippen LogP contribution in [0.1, 0.15) is 34.1 Å². The van der Waals surface area contributed by atoms with Crippen LogP contribution in [0.15, 0.2) is 0 Å². The van der Waals surface area contributed by atoms with Crippen LogP contribution in [-0.4, -0.2) is 29.5 Å². The molecule has 1 nitrogen and oxygen atoms in total. The molecular formula is C10H19F2N. The van der Waals surface area contributed by atoms with Crippen LogP contribution >= 0.6 is 0 Å². The van der Waals surface area contributed by atoms with Gasteiger partial charge < -0.3 is 0 Å². The molecule has 0 unspecified atom stereocenters. The molecular weight excluding hydrogens is 172 g/mol. The molecule has 13 heavy (non-hydrogen) atoms. The van der Waals surface area contributed by atoms with Crippen LogP contribution in [0.2, 0.25) is 0 Å². The molecule has 0 aromatic rings. The minimum Gasteiger partial charge on any atom is -0.293 e. The molecule has 3 heteroatoms. The molecule has 0 aromatic heterocycles. The zero-order chi connectivity index (χ0) is 10.3. The van der Waals surface area contributed by atoms with Crippen molar-refractivity contribution in [3.8, 4) is 0 Å². The second kappa shape index (κ2) is 3.19. The summed E-state index contributed by atoms with van der Waals surface area (Å²) in [7, 11) is 0. The van der Waals surface area contributed by atoms with Gasteiger partial charge in [0.15, 0.2) is 0 Å². The van der Waals surface area contributed by atoms with Gasteiger partial charge in [0.1, 0.15) is 0 Å². The summed E-state index contributed by atoms with van der Waals surface area (Å²) in [5.74, 6) is -2.97. The smallest absolute Gasteiger partial charge is 0.263 e. The lowest BCUT2D eigenvalue weighted by molar-refractivity contribution is -0.122. The second-order valence-corrected chi connectivity index (χ2v) is 5.04. The molecule has 0 saturated carbocycles. The fourth-order valence-electron chi connectivity index (χ4n) is 1.62. The van der Waals surface area contributed by atoms with Crippen molar-refractivity contribution < 1.29 is 8.78 Å². The number of likely N-dealkylation sites (tertiary alicyclic amines) is 1. The minimum atomic E-state index is -2.51. The lowest BCUT2D eigenvalue weighted by atomic mass is 9.91. The molecule has 0 amide bonds. The third kappa shape index (κ3) is 2.39. The first kappa shape index (κ1) is 10.9. The molecule has 1 heterocycles. The molecule has 1 atom stereocenters. The van der Waals surface area contributed by atoms with Crippen LogP contribution in [0.4, 0.5) is 8.78 Å². The molecule has 0 spiro atoms. The number of hydrogen-bond donors (Lipinski definition) is 0. The quantitative estimate of drug-likeness (QED) is 0.569. The summed E-state index contributed by atoms with van der Waals surface area (Å²) in [6.45, 7) is 8.30. The van der Waals surface area contributed by atoms with Crippen molar-refractivity contribution in [1.82, 2.24) is 4.90 Å². The van der Waals surface area contributed by atoms with E-state index in [0.29, 0.717) is 6.42 Å². The van der Waals surface area contributed by atoms with Gasteiger partial charge in [0, 0.05) is 11.5 Å². The molecule has 0 N–H and O–H groups in total. The monoisotopic (exact) mass is 191 g/mol. The van der Waals surface area contributed by atoms with Gasteiger partial charge in [0.05, 0.1) is 6.54 Å². The van der Waals surface area contributed by atoms with Gasteiger partial charge in [-0.3, -0.25) is 4.90 Å². The zero-order valence-corrected chi connectivity index (χ0v) is 8.90. The second-order valence-electron chi connectivity index (χ2n) is 5.04. The summed E-state index contributed by atoms with van der Waals surface area (Å²) >= 11 is 0. The van der Waals surface area contributed by atoms with Crippen molar-refractivity contribution in [2.24, 2.45) is 5.92 Å². The van der Waals surface area contributed by atoms with Crippen molar-refractivity contribution in [1.29, 1.82) is 0 Å². The maximum Gasteiger partial charge on any atom is 0.263 e. The lowest BCUT2D eigenvalue weighted by Crippen LogP contribution is -2.54. The molecule has 0 aliphatic carbocycles. The molecule has 1 aliphatic heterocycles. The van der Waals surface area contributed by atoms with E-state index in [9.17, 15) is 8.78 Å². The van der Waals surface area contributed by atoms with Crippen molar-refractivity contribution in [3.05, 3.63) is 0 Å². The summed E-state index contributed by atoms with van der Waals surface area (Å²) in [5, 5.41) is 0. The summed E-state index contributed by atoms with van der Waals surface area (Å²) in [4.78, 5) is 1.87. The molecule has 78 valence electrons. The van der Waals surface area contributed by atoms with E-state index in [0.717, 1.165) is 6.54 Å². The Morgan fingerprint density at radius 3 is 2.23 bits per heavy atom. The molecule has 1 aliphatic rings. The third-order valence-electron chi connectivity index (χ3n) is 2.90. The average molecular weight is 191 g/mol. The Morgan fingerprint density at radius 2 is 1.85 bits per heavy atom. The zero-order valence-electron chi connectivity index (χ0n) is 8.90. The molecule has 0 aromatic carbocycles. The first-order chi connectivity index (χ1) is 5.73. The number of rotatable bonds is 0. The van der Waals surface area contributed by atoms with Crippen LogP contribution in [-0.2, 0) is 0 Å². The molecule has 0 radical (unpaired) electrons. The Labute approximate surface area is 79.1 Å². The number of piperidine rings is 1. The van der Waals surface area contributed by atoms with Gasteiger partial charge >= 0.3 is 0 Å². The van der Waals surface area contributed by atoms with Gasteiger partial charge in [0.2, 0.25) is 0 Å². The maximum atomic E-state index is 13.3. The minimum absolute atomic E-state index is 0.0856. The summed E-state index contributed by atoms with van der Waals surface area (Å²) in [6, 6.07) is 0. The molecule has 1 saturated heterocycles. The van der Waals surface area contributed by atoms with E-state index in [4.69, 9.17) is 0 Å². The van der Waals surface area contributed by atoms with E-state index in [1.165, 1.54) is 0 Å². The van der Waals surface area contributed by atoms with Crippen LogP contribution in [0.3, 0.4) is 0 Å². The Bertz CT molecular complexity index is 184. The fourth-order valence-corrected chi connectivity index (χ4v) is 1.62. The van der Waals surface area contributed by atoms with Crippen LogP contribution in [0.25, 0.3) is 0 Å². The van der Waals surface area contributed by atoms with Gasteiger partial charge in [-0.15, -0.1) is 0 Å². The van der Waals surface area contributed by atoms with Crippen molar-refractivity contribution >= 4 is 0 Å². The normalized spacial score (nSPS) is 30.5. The molecule has 1 fully saturated rings. The fraction of sp³-hybridized carbons (Fsp3) is 1.00. The number of halogens is 2. The third-order valence-corrected chi connectivity index (χ3v) is 2.90.